The first-order valence-electron chi connectivity index (χ1n) is 9.38. The molecule has 0 bridgehead atoms. The van der Waals surface area contributed by atoms with E-state index in [2.05, 4.69) is 31.2 Å². The Morgan fingerprint density at radius 3 is 1.73 bits per heavy atom. The molecule has 130 valence electrons. The van der Waals surface area contributed by atoms with Crippen LogP contribution in [-0.2, 0) is 9.47 Å². The molecule has 0 aliphatic rings. The minimum atomic E-state index is 0.00466. The molecular weight excluding hydrogens is 272 g/mol. The Morgan fingerprint density at radius 2 is 1.18 bits per heavy atom. The molecule has 0 rings (SSSR count). The zero-order chi connectivity index (χ0) is 16.3. The third kappa shape index (κ3) is 15.8. The second-order valence-corrected chi connectivity index (χ2v) is 5.64. The fourth-order valence-electron chi connectivity index (χ4n) is 2.32. The van der Waals surface area contributed by atoms with Gasteiger partial charge in [0.1, 0.15) is 0 Å². The summed E-state index contributed by atoms with van der Waals surface area (Å²) >= 11 is 0. The van der Waals surface area contributed by atoms with Crippen molar-refractivity contribution in [1.29, 1.82) is 0 Å². The number of allylic oxidation sites excluding steroid dienone is 4. The van der Waals surface area contributed by atoms with Crippen LogP contribution in [0.3, 0.4) is 0 Å². The topological polar surface area (TPSA) is 18.5 Å². The number of ether oxygens (including phenoxy) is 2. The first-order chi connectivity index (χ1) is 10.8. The summed E-state index contributed by atoms with van der Waals surface area (Å²) in [7, 11) is 0. The molecule has 0 aromatic carbocycles. The first kappa shape index (κ1) is 21.4. The Balaban J connectivity index is 3.37. The molecule has 0 spiro atoms. The maximum absolute atomic E-state index is 5.55. The van der Waals surface area contributed by atoms with Gasteiger partial charge < -0.3 is 9.47 Å². The van der Waals surface area contributed by atoms with E-state index in [1.165, 1.54) is 57.8 Å². The lowest BCUT2D eigenvalue weighted by Crippen LogP contribution is -2.17. The highest BCUT2D eigenvalue weighted by Crippen LogP contribution is 2.10. The molecule has 0 amide bonds. The normalized spacial score (nSPS) is 12.2. The molecule has 0 heterocycles. The summed E-state index contributed by atoms with van der Waals surface area (Å²) in [5, 5.41) is 0. The van der Waals surface area contributed by atoms with Gasteiger partial charge in [0.05, 0.1) is 0 Å². The molecule has 0 atom stereocenters. The highest BCUT2D eigenvalue weighted by atomic mass is 16.7. The lowest BCUT2D eigenvalue weighted by molar-refractivity contribution is -0.140. The Labute approximate surface area is 139 Å². The monoisotopic (exact) mass is 310 g/mol. The van der Waals surface area contributed by atoms with E-state index in [9.17, 15) is 0 Å². The van der Waals surface area contributed by atoms with Crippen molar-refractivity contribution in [1.82, 2.24) is 0 Å². The van der Waals surface area contributed by atoms with Gasteiger partial charge in [-0.25, -0.2) is 0 Å². The van der Waals surface area contributed by atoms with Crippen LogP contribution in [0, 0.1) is 0 Å². The molecule has 0 saturated carbocycles. The maximum atomic E-state index is 5.55. The van der Waals surface area contributed by atoms with Crippen molar-refractivity contribution in [3.63, 3.8) is 0 Å². The molecule has 0 aromatic heterocycles. The highest BCUT2D eigenvalue weighted by Gasteiger charge is 2.06. The van der Waals surface area contributed by atoms with Crippen LogP contribution in [0.2, 0.25) is 0 Å². The quantitative estimate of drug-likeness (QED) is 0.186. The van der Waals surface area contributed by atoms with Crippen molar-refractivity contribution in [3.8, 4) is 0 Å². The van der Waals surface area contributed by atoms with Gasteiger partial charge in [0.2, 0.25) is 0 Å². The van der Waals surface area contributed by atoms with Crippen molar-refractivity contribution in [2.45, 2.75) is 91.3 Å². The summed E-state index contributed by atoms with van der Waals surface area (Å²) in [4.78, 5) is 0. The average Bonchev–Trinajstić information content (AvgIpc) is 2.52. The fraction of sp³-hybridized carbons (Fsp3) is 0.800. The van der Waals surface area contributed by atoms with Crippen LogP contribution in [-0.4, -0.2) is 19.5 Å². The predicted octanol–water partition coefficient (Wildman–Crippen LogP) is 6.42. The van der Waals surface area contributed by atoms with Crippen molar-refractivity contribution < 1.29 is 9.47 Å². The lowest BCUT2D eigenvalue weighted by atomic mass is 10.1. The molecule has 0 N–H and O–H groups in total. The Morgan fingerprint density at radius 1 is 0.636 bits per heavy atom. The zero-order valence-corrected chi connectivity index (χ0v) is 15.2. The van der Waals surface area contributed by atoms with Crippen molar-refractivity contribution in [2.24, 2.45) is 0 Å². The second-order valence-electron chi connectivity index (χ2n) is 5.64. The number of rotatable bonds is 16. The molecule has 2 nitrogen and oxygen atoms in total. The summed E-state index contributed by atoms with van der Waals surface area (Å²) in [6, 6.07) is 0. The third-order valence-corrected chi connectivity index (χ3v) is 3.57. The molecule has 0 fully saturated rings. The van der Waals surface area contributed by atoms with Gasteiger partial charge in [0.25, 0.3) is 0 Å². The molecule has 0 aliphatic heterocycles. The maximum Gasteiger partial charge on any atom is 0.157 e. The minimum Gasteiger partial charge on any atom is -0.353 e. The smallest absolute Gasteiger partial charge is 0.157 e. The van der Waals surface area contributed by atoms with Crippen LogP contribution in [0.1, 0.15) is 85.0 Å². The van der Waals surface area contributed by atoms with Gasteiger partial charge >= 0.3 is 0 Å². The summed E-state index contributed by atoms with van der Waals surface area (Å²) in [6.07, 6.45) is 21.5. The van der Waals surface area contributed by atoms with E-state index in [0.29, 0.717) is 0 Å². The molecule has 0 aromatic rings. The number of hydrogen-bond acceptors (Lipinski definition) is 2. The molecular formula is C20H38O2. The van der Waals surface area contributed by atoms with Gasteiger partial charge in [-0.3, -0.25) is 0 Å². The summed E-state index contributed by atoms with van der Waals surface area (Å²) in [5.74, 6) is 0. The van der Waals surface area contributed by atoms with Gasteiger partial charge in [0, 0.05) is 13.2 Å². The largest absolute Gasteiger partial charge is 0.353 e. The minimum absolute atomic E-state index is 0.00466. The molecule has 2 heteroatoms. The summed E-state index contributed by atoms with van der Waals surface area (Å²) in [6.45, 7) is 7.76. The molecule has 0 saturated heterocycles. The number of unbranched alkanes of at least 4 members (excludes halogenated alkanes) is 6. The first-order valence-corrected chi connectivity index (χ1v) is 9.38. The van der Waals surface area contributed by atoms with E-state index in [4.69, 9.17) is 9.47 Å². The van der Waals surface area contributed by atoms with E-state index in [-0.39, 0.29) is 6.29 Å². The van der Waals surface area contributed by atoms with Crippen LogP contribution in [0.25, 0.3) is 0 Å². The predicted molar refractivity (Wildman–Crippen MR) is 97.2 cm³/mol. The van der Waals surface area contributed by atoms with Crippen LogP contribution < -0.4 is 0 Å². The molecule has 0 radical (unpaired) electrons. The Hall–Kier alpha value is -0.600. The van der Waals surface area contributed by atoms with Crippen molar-refractivity contribution in [3.05, 3.63) is 24.3 Å². The Bertz CT molecular complexity index is 252. The van der Waals surface area contributed by atoms with Gasteiger partial charge in [-0.15, -0.1) is 0 Å². The van der Waals surface area contributed by atoms with Gasteiger partial charge in [-0.1, -0.05) is 50.5 Å². The van der Waals surface area contributed by atoms with Crippen molar-refractivity contribution >= 4 is 0 Å². The SMILES string of the molecule is CCCC/C=C\CC/C=C\CCCCCC(OCC)OCC. The highest BCUT2D eigenvalue weighted by molar-refractivity contribution is 4.87. The molecule has 0 aliphatic carbocycles. The van der Waals surface area contributed by atoms with Crippen LogP contribution in [0.5, 0.6) is 0 Å². The molecule has 0 unspecified atom stereocenters. The number of hydrogen-bond donors (Lipinski definition) is 0. The van der Waals surface area contributed by atoms with Crippen molar-refractivity contribution in [2.75, 3.05) is 13.2 Å². The van der Waals surface area contributed by atoms with Gasteiger partial charge in [0.15, 0.2) is 6.29 Å². The summed E-state index contributed by atoms with van der Waals surface area (Å²) < 4.78 is 11.1. The van der Waals surface area contributed by atoms with Crippen LogP contribution in [0.4, 0.5) is 0 Å². The summed E-state index contributed by atoms with van der Waals surface area (Å²) in [5.41, 5.74) is 0. The molecule has 22 heavy (non-hydrogen) atoms. The Kier molecular flexibility index (Phi) is 17.9. The van der Waals surface area contributed by atoms with Crippen LogP contribution in [0.15, 0.2) is 24.3 Å². The van der Waals surface area contributed by atoms with E-state index in [0.717, 1.165) is 19.6 Å². The van der Waals surface area contributed by atoms with E-state index >= 15 is 0 Å². The van der Waals surface area contributed by atoms with Gasteiger partial charge in [-0.2, -0.15) is 0 Å². The zero-order valence-electron chi connectivity index (χ0n) is 15.2. The average molecular weight is 311 g/mol. The van der Waals surface area contributed by atoms with Crippen LogP contribution >= 0.6 is 0 Å². The van der Waals surface area contributed by atoms with Gasteiger partial charge in [-0.05, 0) is 58.8 Å². The lowest BCUT2D eigenvalue weighted by Gasteiger charge is -2.16. The standard InChI is InChI=1S/C20H38O2/c1-4-7-8-9-10-11-12-13-14-15-16-17-18-19-20(21-5-2)22-6-3/h9-10,13-14,20H,4-8,11-12,15-19H2,1-3H3/b10-9-,14-13-. The van der Waals surface area contributed by atoms with E-state index in [1.807, 2.05) is 13.8 Å². The third-order valence-electron chi connectivity index (χ3n) is 3.57. The van der Waals surface area contributed by atoms with E-state index < -0.39 is 0 Å². The van der Waals surface area contributed by atoms with E-state index in [1.54, 1.807) is 0 Å². The second kappa shape index (κ2) is 18.4. The fourth-order valence-corrected chi connectivity index (χ4v) is 2.32.